The van der Waals surface area contributed by atoms with Gasteiger partial charge in [-0.3, -0.25) is 24.0 Å². The van der Waals surface area contributed by atoms with E-state index in [0.717, 1.165) is 12.8 Å². The highest BCUT2D eigenvalue weighted by Crippen LogP contribution is 2.16. The van der Waals surface area contributed by atoms with Crippen molar-refractivity contribution < 1.29 is 24.0 Å². The number of nitrogens with one attached hydrogen (secondary N) is 5. The number of hydrogen-bond donors (Lipinski definition) is 5. The number of aromatic nitrogens is 1. The number of carbonyl (C=O) groups excluding carboxylic acids is 5. The van der Waals surface area contributed by atoms with E-state index in [9.17, 15) is 24.0 Å². The standard InChI is InChI=1S/C18H29N5O4.C8H6N2OS.C2H6/c1-3-13-4-6-14(7-5-13)23-18(27)12-22-17(26)11-21-16(25)10-20-15(24)8-9-19-2;1-12-8-7(3-9)2-6(5-11)4-10-8;1-2/h4-6,14,19H,3,7-12H2,1-2H3,(H,20,24)(H,21,25)(H,22,26)(H,23,27);2,4-5H,1H3;1-2H3. The lowest BCUT2D eigenvalue weighted by Gasteiger charge is -2.17. The molecule has 1 atom stereocenters. The fourth-order valence-corrected chi connectivity index (χ4v) is 3.54. The molecule has 0 bridgehead atoms. The van der Waals surface area contributed by atoms with Crippen molar-refractivity contribution in [2.75, 3.05) is 39.5 Å². The van der Waals surface area contributed by atoms with E-state index >= 15 is 0 Å². The minimum absolute atomic E-state index is 0.0732. The van der Waals surface area contributed by atoms with Crippen molar-refractivity contribution in [2.45, 2.75) is 51.1 Å². The van der Waals surface area contributed by atoms with Gasteiger partial charge in [-0.05, 0) is 32.2 Å². The molecule has 13 heteroatoms. The van der Waals surface area contributed by atoms with Crippen LogP contribution in [0.1, 0.15) is 56.0 Å². The van der Waals surface area contributed by atoms with Gasteiger partial charge < -0.3 is 26.6 Å². The minimum atomic E-state index is -0.479. The molecule has 0 spiro atoms. The molecule has 4 amide bonds. The van der Waals surface area contributed by atoms with E-state index in [0.29, 0.717) is 29.0 Å². The first-order valence-corrected chi connectivity index (χ1v) is 14.5. The number of carbonyl (C=O) groups is 5. The van der Waals surface area contributed by atoms with Crippen molar-refractivity contribution in [3.8, 4) is 6.07 Å². The predicted octanol–water partition coefficient (Wildman–Crippen LogP) is 1.24. The molecule has 0 radical (unpaired) electrons. The molecular formula is C28H41N7O5S. The van der Waals surface area contributed by atoms with Crippen LogP contribution in [-0.2, 0) is 19.2 Å². The number of thioether (sulfide) groups is 1. The maximum absolute atomic E-state index is 11.8. The molecule has 0 saturated carbocycles. The van der Waals surface area contributed by atoms with Gasteiger partial charge in [0, 0.05) is 24.7 Å². The Balaban J connectivity index is 0.000000947. The molecule has 1 aromatic heterocycles. The lowest BCUT2D eigenvalue weighted by atomic mass is 10.0. The van der Waals surface area contributed by atoms with Crippen LogP contribution in [0.15, 0.2) is 41.1 Å². The predicted molar refractivity (Wildman–Crippen MR) is 159 cm³/mol. The topological polar surface area (TPSA) is 182 Å². The summed E-state index contributed by atoms with van der Waals surface area (Å²) >= 11 is 1.39. The number of amides is 4. The Morgan fingerprint density at radius 2 is 1.68 bits per heavy atom. The molecule has 1 aliphatic rings. The first kappa shape index (κ1) is 37.0. The smallest absolute Gasteiger partial charge is 0.239 e. The van der Waals surface area contributed by atoms with Crippen LogP contribution in [0.25, 0.3) is 0 Å². The van der Waals surface area contributed by atoms with Gasteiger partial charge in [-0.25, -0.2) is 4.98 Å². The largest absolute Gasteiger partial charge is 0.348 e. The van der Waals surface area contributed by atoms with E-state index < -0.39 is 11.8 Å². The van der Waals surface area contributed by atoms with Gasteiger partial charge in [-0.1, -0.05) is 44.6 Å². The second-order valence-corrected chi connectivity index (χ2v) is 8.94. The van der Waals surface area contributed by atoms with Gasteiger partial charge in [0.25, 0.3) is 0 Å². The lowest BCUT2D eigenvalue weighted by molar-refractivity contribution is -0.128. The van der Waals surface area contributed by atoms with Crippen LogP contribution in [0.4, 0.5) is 0 Å². The summed E-state index contributed by atoms with van der Waals surface area (Å²) in [5, 5.41) is 22.2. The third-order valence-corrected chi connectivity index (χ3v) is 5.91. The van der Waals surface area contributed by atoms with Crippen molar-refractivity contribution in [3.05, 3.63) is 47.2 Å². The second kappa shape index (κ2) is 22.8. The van der Waals surface area contributed by atoms with Crippen molar-refractivity contribution in [3.63, 3.8) is 0 Å². The molecule has 12 nitrogen and oxygen atoms in total. The van der Waals surface area contributed by atoms with Crippen LogP contribution in [-0.4, -0.2) is 80.4 Å². The molecule has 5 N–H and O–H groups in total. The summed E-state index contributed by atoms with van der Waals surface area (Å²) in [5.41, 5.74) is 2.12. The van der Waals surface area contributed by atoms with Gasteiger partial charge in [0.05, 0.1) is 31.2 Å². The summed E-state index contributed by atoms with van der Waals surface area (Å²) in [5.74, 6) is -1.50. The van der Waals surface area contributed by atoms with Crippen LogP contribution in [0.5, 0.6) is 0 Å². The summed E-state index contributed by atoms with van der Waals surface area (Å²) in [4.78, 5) is 60.7. The molecule has 1 aliphatic carbocycles. The highest BCUT2D eigenvalue weighted by atomic mass is 32.2. The molecule has 2 rings (SSSR count). The highest BCUT2D eigenvalue weighted by Gasteiger charge is 2.13. The SMILES string of the molecule is CC.CCC1=CCC(NC(=O)CNC(=O)CNC(=O)CNC(=O)CCNC)C=C1.CSc1ncc(C=O)cc1C#N. The first-order valence-electron chi connectivity index (χ1n) is 13.3. The van der Waals surface area contributed by atoms with Gasteiger partial charge in [-0.2, -0.15) is 5.26 Å². The van der Waals surface area contributed by atoms with Crippen LogP contribution >= 0.6 is 11.8 Å². The molecule has 1 unspecified atom stereocenters. The van der Waals surface area contributed by atoms with E-state index in [4.69, 9.17) is 5.26 Å². The van der Waals surface area contributed by atoms with Gasteiger partial charge in [0.2, 0.25) is 23.6 Å². The normalized spacial score (nSPS) is 13.0. The van der Waals surface area contributed by atoms with E-state index in [2.05, 4.69) is 44.6 Å². The van der Waals surface area contributed by atoms with E-state index in [1.807, 2.05) is 38.3 Å². The molecule has 0 aromatic carbocycles. The Hall–Kier alpha value is -4.02. The maximum Gasteiger partial charge on any atom is 0.239 e. The van der Waals surface area contributed by atoms with Crippen LogP contribution in [0.3, 0.4) is 0 Å². The summed E-state index contributed by atoms with van der Waals surface area (Å²) in [7, 11) is 1.73. The number of hydrogen-bond acceptors (Lipinski definition) is 9. The van der Waals surface area contributed by atoms with Gasteiger partial charge >= 0.3 is 0 Å². The Kier molecular flexibility index (Phi) is 20.5. The average molecular weight is 588 g/mol. The quantitative estimate of drug-likeness (QED) is 0.167. The van der Waals surface area contributed by atoms with Crippen LogP contribution in [0.2, 0.25) is 0 Å². The fourth-order valence-electron chi connectivity index (χ4n) is 3.06. The van der Waals surface area contributed by atoms with Crippen LogP contribution < -0.4 is 26.6 Å². The zero-order valence-electron chi connectivity index (χ0n) is 24.3. The van der Waals surface area contributed by atoms with Crippen LogP contribution in [0, 0.1) is 11.3 Å². The Labute approximate surface area is 246 Å². The Morgan fingerprint density at radius 3 is 2.17 bits per heavy atom. The molecule has 0 aliphatic heterocycles. The van der Waals surface area contributed by atoms with Gasteiger partial charge in [0.15, 0.2) is 6.29 Å². The van der Waals surface area contributed by atoms with Crippen molar-refractivity contribution >= 4 is 41.7 Å². The van der Waals surface area contributed by atoms with E-state index in [1.165, 1.54) is 29.6 Å². The van der Waals surface area contributed by atoms with Crippen molar-refractivity contribution in [1.29, 1.82) is 5.26 Å². The van der Waals surface area contributed by atoms with E-state index in [-0.39, 0.29) is 43.9 Å². The number of pyridine rings is 1. The van der Waals surface area contributed by atoms with Crippen molar-refractivity contribution in [2.24, 2.45) is 0 Å². The summed E-state index contributed by atoms with van der Waals surface area (Å²) in [6, 6.07) is 3.44. The molecule has 0 saturated heterocycles. The number of rotatable bonds is 13. The fraction of sp³-hybridized carbons (Fsp3) is 0.464. The molecule has 41 heavy (non-hydrogen) atoms. The number of nitrogens with zero attached hydrogens (tertiary/aromatic N) is 2. The maximum atomic E-state index is 11.8. The number of allylic oxidation sites excluding steroid dienone is 2. The lowest BCUT2D eigenvalue weighted by Crippen LogP contribution is -2.45. The average Bonchev–Trinajstić information content (AvgIpc) is 3.01. The number of aldehydes is 1. The minimum Gasteiger partial charge on any atom is -0.348 e. The third-order valence-electron chi connectivity index (χ3n) is 5.19. The molecule has 0 fully saturated rings. The summed E-state index contributed by atoms with van der Waals surface area (Å²) in [6.07, 6.45) is 11.9. The molecule has 1 heterocycles. The number of nitriles is 1. The highest BCUT2D eigenvalue weighted by molar-refractivity contribution is 7.98. The molecule has 224 valence electrons. The Bertz CT molecular complexity index is 1120. The van der Waals surface area contributed by atoms with E-state index in [1.54, 1.807) is 7.05 Å². The van der Waals surface area contributed by atoms with Gasteiger partial charge in [0.1, 0.15) is 11.1 Å². The summed E-state index contributed by atoms with van der Waals surface area (Å²) < 4.78 is 0. The Morgan fingerprint density at radius 1 is 1.07 bits per heavy atom. The van der Waals surface area contributed by atoms with Gasteiger partial charge in [-0.15, -0.1) is 11.8 Å². The zero-order valence-corrected chi connectivity index (χ0v) is 25.2. The first-order chi connectivity index (χ1) is 19.8. The molecular weight excluding hydrogens is 546 g/mol. The zero-order chi connectivity index (χ0) is 31.0. The molecule has 1 aromatic rings. The van der Waals surface area contributed by atoms with Crippen molar-refractivity contribution in [1.82, 2.24) is 31.6 Å². The second-order valence-electron chi connectivity index (χ2n) is 8.14. The summed E-state index contributed by atoms with van der Waals surface area (Å²) in [6.45, 7) is 5.97. The third kappa shape index (κ3) is 16.6. The monoisotopic (exact) mass is 587 g/mol.